The summed E-state index contributed by atoms with van der Waals surface area (Å²) in [5.74, 6) is -1.76. The number of anilines is 2. The summed E-state index contributed by atoms with van der Waals surface area (Å²) < 4.78 is 0. The molecule has 0 saturated carbocycles. The van der Waals surface area contributed by atoms with E-state index in [1.807, 2.05) is 0 Å². The normalized spacial score (nSPS) is 15.5. The fraction of sp³-hybridized carbons (Fsp3) is 0.105. The Kier molecular flexibility index (Phi) is 5.33. The molecule has 10 heteroatoms. The third-order valence-corrected chi connectivity index (χ3v) is 4.41. The Morgan fingerprint density at radius 3 is 2.48 bits per heavy atom. The van der Waals surface area contributed by atoms with Gasteiger partial charge in [-0.25, -0.2) is 9.69 Å². The predicted molar refractivity (Wildman–Crippen MR) is 108 cm³/mol. The minimum Gasteiger partial charge on any atom is -0.377 e. The molecule has 2 aromatic rings. The van der Waals surface area contributed by atoms with Crippen LogP contribution < -0.4 is 15.1 Å². The molecule has 2 aromatic carbocycles. The van der Waals surface area contributed by atoms with Crippen molar-refractivity contribution in [1.82, 2.24) is 5.32 Å². The zero-order valence-corrected chi connectivity index (χ0v) is 16.1. The molecule has 4 amide bonds. The number of nitro groups is 1. The van der Waals surface area contributed by atoms with Gasteiger partial charge < -0.3 is 4.90 Å². The van der Waals surface area contributed by atoms with E-state index in [9.17, 15) is 24.5 Å². The summed E-state index contributed by atoms with van der Waals surface area (Å²) in [6.45, 7) is 0. The molecule has 1 N–H and O–H groups in total. The molecular formula is C19H15ClN4O5. The largest absolute Gasteiger partial charge is 0.377 e. The zero-order valence-electron chi connectivity index (χ0n) is 15.4. The molecule has 9 nitrogen and oxygen atoms in total. The van der Waals surface area contributed by atoms with Gasteiger partial charge in [-0.1, -0.05) is 17.7 Å². The number of non-ortho nitro benzene ring substituents is 1. The first kappa shape index (κ1) is 20.0. The number of carbonyl (C=O) groups is 3. The number of nitrogens with one attached hydrogen (secondary N) is 1. The van der Waals surface area contributed by atoms with Crippen LogP contribution in [-0.4, -0.2) is 36.9 Å². The molecule has 1 heterocycles. The summed E-state index contributed by atoms with van der Waals surface area (Å²) >= 11 is 5.94. The van der Waals surface area contributed by atoms with E-state index in [1.165, 1.54) is 36.4 Å². The molecule has 1 saturated heterocycles. The number of hydrogen-bond donors (Lipinski definition) is 1. The molecule has 0 atom stereocenters. The summed E-state index contributed by atoms with van der Waals surface area (Å²) in [7, 11) is 3.43. The summed E-state index contributed by atoms with van der Waals surface area (Å²) in [6.07, 6.45) is 1.23. The summed E-state index contributed by atoms with van der Waals surface area (Å²) in [5, 5.41) is 13.5. The van der Waals surface area contributed by atoms with Crippen molar-refractivity contribution in [3.63, 3.8) is 0 Å². The maximum absolute atomic E-state index is 12.9. The molecule has 0 aromatic heterocycles. The number of amides is 4. The smallest absolute Gasteiger partial charge is 0.335 e. The number of hydrogen-bond acceptors (Lipinski definition) is 6. The third kappa shape index (κ3) is 3.94. The highest BCUT2D eigenvalue weighted by atomic mass is 35.5. The highest BCUT2D eigenvalue weighted by Gasteiger charge is 2.37. The Morgan fingerprint density at radius 2 is 1.86 bits per heavy atom. The molecular weight excluding hydrogens is 400 g/mol. The quantitative estimate of drug-likeness (QED) is 0.356. The number of nitrogens with zero attached hydrogens (tertiary/aromatic N) is 3. The lowest BCUT2D eigenvalue weighted by atomic mass is 10.0. The lowest BCUT2D eigenvalue weighted by molar-refractivity contribution is -0.384. The SMILES string of the molecule is CN(C)c1ccc([N+](=O)[O-])cc1/C=C1/C(=O)NC(=O)N(c2cccc(Cl)c2)C1=O. The molecule has 0 bridgehead atoms. The topological polar surface area (TPSA) is 113 Å². The fourth-order valence-electron chi connectivity index (χ4n) is 2.84. The summed E-state index contributed by atoms with van der Waals surface area (Å²) in [4.78, 5) is 50.6. The number of halogens is 1. The van der Waals surface area contributed by atoms with Crippen LogP contribution in [0.4, 0.5) is 21.9 Å². The minimum absolute atomic E-state index is 0.185. The lowest BCUT2D eigenvalue weighted by Gasteiger charge is -2.26. The Hall–Kier alpha value is -3.72. The van der Waals surface area contributed by atoms with Gasteiger partial charge in [0.05, 0.1) is 10.6 Å². The van der Waals surface area contributed by atoms with Crippen LogP contribution >= 0.6 is 11.6 Å². The lowest BCUT2D eigenvalue weighted by Crippen LogP contribution is -2.54. The van der Waals surface area contributed by atoms with Crippen LogP contribution in [0.25, 0.3) is 6.08 Å². The summed E-state index contributed by atoms with van der Waals surface area (Å²) in [5.41, 5.74) is 0.477. The number of rotatable bonds is 4. The fourth-order valence-corrected chi connectivity index (χ4v) is 3.03. The van der Waals surface area contributed by atoms with Crippen LogP contribution in [0.2, 0.25) is 5.02 Å². The molecule has 1 fully saturated rings. The minimum atomic E-state index is -0.911. The van der Waals surface area contributed by atoms with Crippen LogP contribution in [0.3, 0.4) is 0 Å². The van der Waals surface area contributed by atoms with Gasteiger partial charge in [-0.15, -0.1) is 0 Å². The van der Waals surface area contributed by atoms with Gasteiger partial charge in [0.1, 0.15) is 5.57 Å². The zero-order chi connectivity index (χ0) is 21.3. The third-order valence-electron chi connectivity index (χ3n) is 4.17. The van der Waals surface area contributed by atoms with E-state index in [0.29, 0.717) is 10.7 Å². The van der Waals surface area contributed by atoms with Gasteiger partial charge in [0.15, 0.2) is 0 Å². The van der Waals surface area contributed by atoms with E-state index in [4.69, 9.17) is 11.6 Å². The first-order valence-electron chi connectivity index (χ1n) is 8.32. The van der Waals surface area contributed by atoms with E-state index >= 15 is 0 Å². The second-order valence-corrected chi connectivity index (χ2v) is 6.77. The van der Waals surface area contributed by atoms with Crippen LogP contribution in [0, 0.1) is 10.1 Å². The van der Waals surface area contributed by atoms with Gasteiger partial charge in [0, 0.05) is 42.5 Å². The molecule has 0 aliphatic carbocycles. The van der Waals surface area contributed by atoms with Crippen LogP contribution in [-0.2, 0) is 9.59 Å². The first-order valence-corrected chi connectivity index (χ1v) is 8.69. The van der Waals surface area contributed by atoms with Crippen molar-refractivity contribution in [1.29, 1.82) is 0 Å². The number of barbiturate groups is 1. The second-order valence-electron chi connectivity index (χ2n) is 6.33. The van der Waals surface area contributed by atoms with Crippen LogP contribution in [0.15, 0.2) is 48.0 Å². The second kappa shape index (κ2) is 7.72. The average Bonchev–Trinajstić information content (AvgIpc) is 2.64. The highest BCUT2D eigenvalue weighted by Crippen LogP contribution is 2.29. The van der Waals surface area contributed by atoms with Crippen LogP contribution in [0.1, 0.15) is 5.56 Å². The van der Waals surface area contributed by atoms with Gasteiger partial charge in [0.25, 0.3) is 17.5 Å². The maximum Gasteiger partial charge on any atom is 0.335 e. The van der Waals surface area contributed by atoms with Crippen molar-refractivity contribution in [3.05, 3.63) is 68.7 Å². The Morgan fingerprint density at radius 1 is 1.14 bits per heavy atom. The molecule has 0 radical (unpaired) electrons. The van der Waals surface area contributed by atoms with E-state index in [1.54, 1.807) is 31.1 Å². The van der Waals surface area contributed by atoms with Gasteiger partial charge in [0.2, 0.25) is 0 Å². The Labute approximate surface area is 170 Å². The van der Waals surface area contributed by atoms with Crippen molar-refractivity contribution in [2.45, 2.75) is 0 Å². The molecule has 29 heavy (non-hydrogen) atoms. The molecule has 0 spiro atoms. The van der Waals surface area contributed by atoms with E-state index in [2.05, 4.69) is 5.32 Å². The van der Waals surface area contributed by atoms with Gasteiger partial charge in [-0.2, -0.15) is 0 Å². The Balaban J connectivity index is 2.12. The monoisotopic (exact) mass is 414 g/mol. The van der Waals surface area contributed by atoms with Crippen molar-refractivity contribution in [3.8, 4) is 0 Å². The molecule has 3 rings (SSSR count). The summed E-state index contributed by atoms with van der Waals surface area (Å²) in [6, 6.07) is 9.21. The van der Waals surface area contributed by atoms with Gasteiger partial charge >= 0.3 is 6.03 Å². The maximum atomic E-state index is 12.9. The average molecular weight is 415 g/mol. The van der Waals surface area contributed by atoms with E-state index in [0.717, 1.165) is 4.90 Å². The van der Waals surface area contributed by atoms with Crippen molar-refractivity contribution in [2.75, 3.05) is 23.9 Å². The Bertz CT molecular complexity index is 1080. The van der Waals surface area contributed by atoms with Crippen molar-refractivity contribution in [2.24, 2.45) is 0 Å². The van der Waals surface area contributed by atoms with Gasteiger partial charge in [-0.05, 0) is 30.3 Å². The standard InChI is InChI=1S/C19H15ClN4O5/c1-22(2)16-7-6-14(24(28)29)8-11(16)9-15-17(25)21-19(27)23(18(15)26)13-5-3-4-12(20)10-13/h3-10H,1-2H3,(H,21,25,27)/b15-9-. The highest BCUT2D eigenvalue weighted by molar-refractivity contribution is 6.39. The first-order chi connectivity index (χ1) is 13.7. The molecule has 0 unspecified atom stereocenters. The molecule has 148 valence electrons. The van der Waals surface area contributed by atoms with Crippen LogP contribution in [0.5, 0.6) is 0 Å². The number of nitro benzene ring substituents is 1. The number of carbonyl (C=O) groups excluding carboxylic acids is 3. The van der Waals surface area contributed by atoms with Crippen molar-refractivity contribution < 1.29 is 19.3 Å². The van der Waals surface area contributed by atoms with E-state index in [-0.39, 0.29) is 22.5 Å². The van der Waals surface area contributed by atoms with E-state index < -0.39 is 22.8 Å². The number of imide groups is 2. The van der Waals surface area contributed by atoms with Crippen molar-refractivity contribution >= 4 is 52.6 Å². The molecule has 1 aliphatic heterocycles. The molecule has 1 aliphatic rings. The number of benzene rings is 2. The van der Waals surface area contributed by atoms with Gasteiger partial charge in [-0.3, -0.25) is 25.0 Å². The predicted octanol–water partition coefficient (Wildman–Crippen LogP) is 2.98. The number of urea groups is 1.